The molecule has 0 aliphatic carbocycles. The maximum absolute atomic E-state index is 11.5. The van der Waals surface area contributed by atoms with Gasteiger partial charge in [-0.1, -0.05) is 32.9 Å². The van der Waals surface area contributed by atoms with Crippen molar-refractivity contribution in [1.29, 1.82) is 0 Å². The van der Waals surface area contributed by atoms with E-state index >= 15 is 0 Å². The van der Waals surface area contributed by atoms with Crippen molar-refractivity contribution in [2.45, 2.75) is 33.8 Å². The summed E-state index contributed by atoms with van der Waals surface area (Å²) < 4.78 is 10.1. The molecule has 0 saturated heterocycles. The Bertz CT molecular complexity index is 248. The molecule has 1 N–H and O–H groups in total. The van der Waals surface area contributed by atoms with Crippen molar-refractivity contribution in [2.24, 2.45) is 11.8 Å². The minimum absolute atomic E-state index is 0.0217. The molecule has 0 radical (unpaired) electrons. The number of rotatable bonds is 8. The fourth-order valence-corrected chi connectivity index (χ4v) is 0.999. The third kappa shape index (κ3) is 7.94. The molecule has 100 valence electrons. The Balaban J connectivity index is 3.72. The molecule has 0 aromatic rings. The standard InChI is InChI=1S/C13H24O4/c1-9(2)6-16-7-12(14)8-17-13(15)11(5)10(3)4/h10-12,14H,1,6-8H2,2-5H3. The lowest BCUT2D eigenvalue weighted by Gasteiger charge is -2.16. The summed E-state index contributed by atoms with van der Waals surface area (Å²) in [7, 11) is 0. The van der Waals surface area contributed by atoms with E-state index in [1.807, 2.05) is 27.7 Å². The number of hydrogen-bond acceptors (Lipinski definition) is 4. The smallest absolute Gasteiger partial charge is 0.309 e. The van der Waals surface area contributed by atoms with Gasteiger partial charge in [-0.15, -0.1) is 0 Å². The second-order valence-corrected chi connectivity index (χ2v) is 4.79. The number of hydrogen-bond donors (Lipinski definition) is 1. The fraction of sp³-hybridized carbons (Fsp3) is 0.769. The molecule has 0 aliphatic rings. The van der Waals surface area contributed by atoms with Gasteiger partial charge in [0.15, 0.2) is 0 Å². The van der Waals surface area contributed by atoms with Crippen LogP contribution in [-0.2, 0) is 14.3 Å². The van der Waals surface area contributed by atoms with E-state index < -0.39 is 6.10 Å². The molecule has 0 rings (SSSR count). The molecule has 0 aromatic heterocycles. The number of aliphatic hydroxyl groups excluding tert-OH is 1. The van der Waals surface area contributed by atoms with E-state index in [1.54, 1.807) is 0 Å². The van der Waals surface area contributed by atoms with E-state index in [9.17, 15) is 9.90 Å². The first-order chi connectivity index (χ1) is 7.84. The molecule has 2 atom stereocenters. The van der Waals surface area contributed by atoms with E-state index in [-0.39, 0.29) is 31.0 Å². The van der Waals surface area contributed by atoms with E-state index in [0.29, 0.717) is 6.61 Å². The van der Waals surface area contributed by atoms with Crippen LogP contribution in [0.25, 0.3) is 0 Å². The Kier molecular flexibility index (Phi) is 7.83. The largest absolute Gasteiger partial charge is 0.463 e. The molecule has 0 saturated carbocycles. The first-order valence-electron chi connectivity index (χ1n) is 5.91. The SMILES string of the molecule is C=C(C)COCC(O)COC(=O)C(C)C(C)C. The number of aliphatic hydroxyl groups is 1. The van der Waals surface area contributed by atoms with Crippen LogP contribution in [0, 0.1) is 11.8 Å². The minimum atomic E-state index is -0.780. The Labute approximate surface area is 104 Å². The number of esters is 1. The Morgan fingerprint density at radius 1 is 1.29 bits per heavy atom. The average molecular weight is 244 g/mol. The predicted octanol–water partition coefficient (Wildman–Crippen LogP) is 1.78. The molecule has 17 heavy (non-hydrogen) atoms. The molecule has 2 unspecified atom stereocenters. The molecular formula is C13H24O4. The molecule has 0 amide bonds. The van der Waals surface area contributed by atoms with Gasteiger partial charge in [0.1, 0.15) is 12.7 Å². The van der Waals surface area contributed by atoms with Gasteiger partial charge in [-0.3, -0.25) is 4.79 Å². The number of carbonyl (C=O) groups is 1. The van der Waals surface area contributed by atoms with Crippen molar-refractivity contribution >= 4 is 5.97 Å². The fourth-order valence-electron chi connectivity index (χ4n) is 0.999. The zero-order valence-electron chi connectivity index (χ0n) is 11.2. The summed E-state index contributed by atoms with van der Waals surface area (Å²) in [5.74, 6) is -0.197. The summed E-state index contributed by atoms with van der Waals surface area (Å²) in [6.07, 6.45) is -0.780. The average Bonchev–Trinajstić information content (AvgIpc) is 2.24. The minimum Gasteiger partial charge on any atom is -0.463 e. The van der Waals surface area contributed by atoms with E-state index in [0.717, 1.165) is 5.57 Å². The van der Waals surface area contributed by atoms with Crippen molar-refractivity contribution in [1.82, 2.24) is 0 Å². The van der Waals surface area contributed by atoms with Gasteiger partial charge in [0.05, 0.1) is 19.1 Å². The molecule has 0 heterocycles. The Hall–Kier alpha value is -0.870. The normalized spacial score (nSPS) is 14.5. The Morgan fingerprint density at radius 2 is 1.88 bits per heavy atom. The second-order valence-electron chi connectivity index (χ2n) is 4.79. The zero-order valence-corrected chi connectivity index (χ0v) is 11.2. The first kappa shape index (κ1) is 16.1. The van der Waals surface area contributed by atoms with Gasteiger partial charge in [0, 0.05) is 0 Å². The highest BCUT2D eigenvalue weighted by Crippen LogP contribution is 2.11. The molecule has 4 nitrogen and oxygen atoms in total. The van der Waals surface area contributed by atoms with Gasteiger partial charge < -0.3 is 14.6 Å². The van der Waals surface area contributed by atoms with Gasteiger partial charge in [0.25, 0.3) is 0 Å². The van der Waals surface area contributed by atoms with Crippen molar-refractivity contribution in [3.05, 3.63) is 12.2 Å². The third-order valence-electron chi connectivity index (χ3n) is 2.45. The highest BCUT2D eigenvalue weighted by Gasteiger charge is 2.19. The summed E-state index contributed by atoms with van der Waals surface area (Å²) in [6.45, 7) is 11.8. The van der Waals surface area contributed by atoms with Crippen molar-refractivity contribution in [3.8, 4) is 0 Å². The summed E-state index contributed by atoms with van der Waals surface area (Å²) in [6, 6.07) is 0. The summed E-state index contributed by atoms with van der Waals surface area (Å²) >= 11 is 0. The van der Waals surface area contributed by atoms with Crippen LogP contribution in [0.3, 0.4) is 0 Å². The molecular weight excluding hydrogens is 220 g/mol. The van der Waals surface area contributed by atoms with Crippen LogP contribution < -0.4 is 0 Å². The maximum atomic E-state index is 11.5. The van der Waals surface area contributed by atoms with E-state index in [4.69, 9.17) is 9.47 Å². The maximum Gasteiger partial charge on any atom is 0.309 e. The summed E-state index contributed by atoms with van der Waals surface area (Å²) in [5.41, 5.74) is 0.891. The van der Waals surface area contributed by atoms with Gasteiger partial charge in [-0.25, -0.2) is 0 Å². The summed E-state index contributed by atoms with van der Waals surface area (Å²) in [4.78, 5) is 11.5. The number of ether oxygens (including phenoxy) is 2. The van der Waals surface area contributed by atoms with E-state index in [2.05, 4.69) is 6.58 Å². The topological polar surface area (TPSA) is 55.8 Å². The molecule has 0 aliphatic heterocycles. The van der Waals surface area contributed by atoms with Crippen LogP contribution >= 0.6 is 0 Å². The van der Waals surface area contributed by atoms with Crippen LogP contribution in [0.5, 0.6) is 0 Å². The van der Waals surface area contributed by atoms with Gasteiger partial charge >= 0.3 is 5.97 Å². The molecule has 0 bridgehead atoms. The summed E-state index contributed by atoms with van der Waals surface area (Å²) in [5, 5.41) is 9.50. The zero-order chi connectivity index (χ0) is 13.4. The van der Waals surface area contributed by atoms with Crippen molar-refractivity contribution in [2.75, 3.05) is 19.8 Å². The third-order valence-corrected chi connectivity index (χ3v) is 2.45. The monoisotopic (exact) mass is 244 g/mol. The highest BCUT2D eigenvalue weighted by molar-refractivity contribution is 5.72. The molecule has 0 spiro atoms. The first-order valence-corrected chi connectivity index (χ1v) is 5.91. The molecule has 0 aromatic carbocycles. The molecule has 4 heteroatoms. The lowest BCUT2D eigenvalue weighted by molar-refractivity contribution is -0.153. The van der Waals surface area contributed by atoms with Crippen LogP contribution in [0.1, 0.15) is 27.7 Å². The quantitative estimate of drug-likeness (QED) is 0.522. The van der Waals surface area contributed by atoms with Crippen molar-refractivity contribution in [3.63, 3.8) is 0 Å². The van der Waals surface area contributed by atoms with E-state index in [1.165, 1.54) is 0 Å². The van der Waals surface area contributed by atoms with Gasteiger partial charge in [-0.2, -0.15) is 0 Å². The lowest BCUT2D eigenvalue weighted by Crippen LogP contribution is -2.27. The lowest BCUT2D eigenvalue weighted by atomic mass is 9.99. The number of carbonyl (C=O) groups excluding carboxylic acids is 1. The molecule has 0 fully saturated rings. The van der Waals surface area contributed by atoms with Crippen LogP contribution in [0.15, 0.2) is 12.2 Å². The highest BCUT2D eigenvalue weighted by atomic mass is 16.5. The van der Waals surface area contributed by atoms with Crippen LogP contribution in [-0.4, -0.2) is 37.0 Å². The van der Waals surface area contributed by atoms with Crippen molar-refractivity contribution < 1.29 is 19.4 Å². The Morgan fingerprint density at radius 3 is 2.35 bits per heavy atom. The second kappa shape index (κ2) is 8.25. The van der Waals surface area contributed by atoms with Crippen LogP contribution in [0.2, 0.25) is 0 Å². The van der Waals surface area contributed by atoms with Crippen LogP contribution in [0.4, 0.5) is 0 Å². The van der Waals surface area contributed by atoms with Gasteiger partial charge in [-0.05, 0) is 12.8 Å². The predicted molar refractivity (Wildman–Crippen MR) is 66.6 cm³/mol. The van der Waals surface area contributed by atoms with Gasteiger partial charge in [0.2, 0.25) is 0 Å².